The molecule has 10 heavy (non-hydrogen) atoms. The Morgan fingerprint density at radius 2 is 2.50 bits per heavy atom. The van der Waals surface area contributed by atoms with Crippen LogP contribution in [0.4, 0.5) is 0 Å². The summed E-state index contributed by atoms with van der Waals surface area (Å²) in [5.41, 5.74) is 0. The predicted molar refractivity (Wildman–Crippen MR) is 35.5 cm³/mol. The van der Waals surface area contributed by atoms with Gasteiger partial charge in [-0.2, -0.15) is 0 Å². The average Bonchev–Trinajstić information content (AvgIpc) is 2.20. The molecule has 4 heteroatoms. The van der Waals surface area contributed by atoms with E-state index in [1.165, 1.54) is 0 Å². The highest BCUT2D eigenvalue weighted by atomic mass is 35.5. The molecule has 0 amide bonds. The molecule has 1 aliphatic heterocycles. The summed E-state index contributed by atoms with van der Waals surface area (Å²) in [4.78, 5) is 10.7. The van der Waals surface area contributed by atoms with Gasteiger partial charge in [-0.3, -0.25) is 0 Å². The Morgan fingerprint density at radius 1 is 1.80 bits per heavy atom. The van der Waals surface area contributed by atoms with Crippen LogP contribution in [0.5, 0.6) is 0 Å². The average molecular weight is 163 g/mol. The third kappa shape index (κ3) is 1.24. The third-order valence-electron chi connectivity index (χ3n) is 1.05. The van der Waals surface area contributed by atoms with E-state index in [9.17, 15) is 4.79 Å². The number of ether oxygens (including phenoxy) is 2. The summed E-state index contributed by atoms with van der Waals surface area (Å²) < 4.78 is 9.46. The first kappa shape index (κ1) is 7.41. The summed E-state index contributed by atoms with van der Waals surface area (Å²) in [6, 6.07) is 0. The van der Waals surface area contributed by atoms with E-state index in [2.05, 4.69) is 4.74 Å². The molecule has 56 valence electrons. The Balaban J connectivity index is 2.68. The van der Waals surface area contributed by atoms with E-state index in [1.807, 2.05) is 0 Å². The second kappa shape index (κ2) is 2.92. The lowest BCUT2D eigenvalue weighted by molar-refractivity contribution is -0.139. The van der Waals surface area contributed by atoms with E-state index in [0.29, 0.717) is 11.6 Å². The maximum absolute atomic E-state index is 10.7. The Morgan fingerprint density at radius 3 is 2.90 bits per heavy atom. The number of rotatable bonds is 2. The highest BCUT2D eigenvalue weighted by Crippen LogP contribution is 2.19. The Bertz CT molecular complexity index is 185. The lowest BCUT2D eigenvalue weighted by atomic mass is 10.5. The van der Waals surface area contributed by atoms with Crippen LogP contribution in [0, 0.1) is 0 Å². The van der Waals surface area contributed by atoms with Gasteiger partial charge in [0.25, 0.3) is 0 Å². The van der Waals surface area contributed by atoms with Crippen LogP contribution in [-0.4, -0.2) is 19.2 Å². The van der Waals surface area contributed by atoms with Gasteiger partial charge in [-0.05, 0) is 6.92 Å². The van der Waals surface area contributed by atoms with Crippen molar-refractivity contribution in [2.24, 2.45) is 0 Å². The van der Waals surface area contributed by atoms with Crippen molar-refractivity contribution in [1.82, 2.24) is 0 Å². The van der Waals surface area contributed by atoms with Crippen LogP contribution >= 0.6 is 11.6 Å². The first-order valence-electron chi connectivity index (χ1n) is 2.94. The monoisotopic (exact) mass is 162 g/mol. The van der Waals surface area contributed by atoms with Crippen LogP contribution in [0.25, 0.3) is 0 Å². The summed E-state index contributed by atoms with van der Waals surface area (Å²) in [5, 5.41) is 0.354. The second-order valence-corrected chi connectivity index (χ2v) is 2.20. The van der Waals surface area contributed by atoms with E-state index in [1.54, 1.807) is 6.92 Å². The third-order valence-corrected chi connectivity index (χ3v) is 1.33. The topological polar surface area (TPSA) is 35.5 Å². The van der Waals surface area contributed by atoms with E-state index in [4.69, 9.17) is 16.3 Å². The summed E-state index contributed by atoms with van der Waals surface area (Å²) >= 11 is 5.56. The number of esters is 1. The van der Waals surface area contributed by atoms with E-state index < -0.39 is 5.97 Å². The van der Waals surface area contributed by atoms with Gasteiger partial charge in [-0.1, -0.05) is 11.6 Å². The lowest BCUT2D eigenvalue weighted by Crippen LogP contribution is -2.02. The molecular formula is C6H7ClO3. The van der Waals surface area contributed by atoms with Crippen LogP contribution in [0.15, 0.2) is 10.8 Å². The molecule has 1 aliphatic rings. The SMILES string of the molecule is CCOC1=C(Cl)COC1=O. The molecule has 1 heterocycles. The Hall–Kier alpha value is -0.700. The highest BCUT2D eigenvalue weighted by molar-refractivity contribution is 6.32. The van der Waals surface area contributed by atoms with Crippen molar-refractivity contribution in [3.8, 4) is 0 Å². The van der Waals surface area contributed by atoms with E-state index in [-0.39, 0.29) is 12.4 Å². The fraction of sp³-hybridized carbons (Fsp3) is 0.500. The number of hydrogen-bond donors (Lipinski definition) is 0. The zero-order valence-corrected chi connectivity index (χ0v) is 6.27. The van der Waals surface area contributed by atoms with Gasteiger partial charge >= 0.3 is 5.97 Å². The largest absolute Gasteiger partial charge is 0.486 e. The number of carbonyl (C=O) groups is 1. The van der Waals surface area contributed by atoms with Gasteiger partial charge < -0.3 is 9.47 Å². The van der Waals surface area contributed by atoms with E-state index >= 15 is 0 Å². The van der Waals surface area contributed by atoms with Crippen LogP contribution in [0.3, 0.4) is 0 Å². The van der Waals surface area contributed by atoms with Gasteiger partial charge in [0.2, 0.25) is 5.76 Å². The minimum atomic E-state index is -0.466. The van der Waals surface area contributed by atoms with Crippen molar-refractivity contribution in [2.45, 2.75) is 6.92 Å². The van der Waals surface area contributed by atoms with Crippen molar-refractivity contribution in [1.29, 1.82) is 0 Å². The molecule has 0 radical (unpaired) electrons. The molecule has 0 atom stereocenters. The van der Waals surface area contributed by atoms with Gasteiger partial charge in [-0.25, -0.2) is 4.79 Å². The predicted octanol–water partition coefficient (Wildman–Crippen LogP) is 1.03. The number of halogens is 1. The fourth-order valence-electron chi connectivity index (χ4n) is 0.652. The first-order valence-corrected chi connectivity index (χ1v) is 3.32. The Kier molecular flexibility index (Phi) is 2.17. The zero-order chi connectivity index (χ0) is 7.56. The smallest absolute Gasteiger partial charge is 0.375 e. The summed E-state index contributed by atoms with van der Waals surface area (Å²) in [6.45, 7) is 2.36. The summed E-state index contributed by atoms with van der Waals surface area (Å²) in [6.07, 6.45) is 0. The highest BCUT2D eigenvalue weighted by Gasteiger charge is 2.24. The summed E-state index contributed by atoms with van der Waals surface area (Å²) in [7, 11) is 0. The van der Waals surface area contributed by atoms with Crippen molar-refractivity contribution < 1.29 is 14.3 Å². The van der Waals surface area contributed by atoms with Crippen LogP contribution in [0.1, 0.15) is 6.92 Å². The van der Waals surface area contributed by atoms with Gasteiger partial charge in [-0.15, -0.1) is 0 Å². The molecule has 0 aromatic heterocycles. The first-order chi connectivity index (χ1) is 4.75. The number of hydrogen-bond acceptors (Lipinski definition) is 3. The molecule has 0 unspecified atom stereocenters. The van der Waals surface area contributed by atoms with E-state index in [0.717, 1.165) is 0 Å². The molecule has 0 spiro atoms. The number of cyclic esters (lactones) is 1. The molecule has 0 N–H and O–H groups in total. The normalized spacial score (nSPS) is 17.6. The molecule has 1 rings (SSSR count). The Labute approximate surface area is 63.6 Å². The fourth-order valence-corrected chi connectivity index (χ4v) is 0.839. The quantitative estimate of drug-likeness (QED) is 0.569. The molecular weight excluding hydrogens is 156 g/mol. The molecule has 0 aromatic rings. The molecule has 0 aromatic carbocycles. The van der Waals surface area contributed by atoms with Crippen LogP contribution in [0.2, 0.25) is 0 Å². The van der Waals surface area contributed by atoms with Crippen molar-refractivity contribution in [2.75, 3.05) is 13.2 Å². The van der Waals surface area contributed by atoms with Crippen molar-refractivity contribution in [3.63, 3.8) is 0 Å². The maximum Gasteiger partial charge on any atom is 0.375 e. The van der Waals surface area contributed by atoms with Gasteiger partial charge in [0.15, 0.2) is 0 Å². The molecule has 0 saturated carbocycles. The number of carbonyl (C=O) groups excluding carboxylic acids is 1. The molecule has 0 bridgehead atoms. The van der Waals surface area contributed by atoms with Crippen molar-refractivity contribution in [3.05, 3.63) is 10.8 Å². The van der Waals surface area contributed by atoms with Gasteiger partial charge in [0.1, 0.15) is 11.6 Å². The van der Waals surface area contributed by atoms with Crippen LogP contribution in [-0.2, 0) is 14.3 Å². The molecule has 0 fully saturated rings. The summed E-state index contributed by atoms with van der Waals surface area (Å²) in [5.74, 6) is -0.309. The van der Waals surface area contributed by atoms with Crippen molar-refractivity contribution >= 4 is 17.6 Å². The molecule has 3 nitrogen and oxygen atoms in total. The standard InChI is InChI=1S/C6H7ClO3/c1-2-9-5-4(7)3-10-6(5)8/h2-3H2,1H3. The lowest BCUT2D eigenvalue weighted by Gasteiger charge is -1.98. The van der Waals surface area contributed by atoms with Crippen LogP contribution < -0.4 is 0 Å². The van der Waals surface area contributed by atoms with Gasteiger partial charge in [0, 0.05) is 0 Å². The maximum atomic E-state index is 10.7. The second-order valence-electron chi connectivity index (χ2n) is 1.74. The minimum absolute atomic E-state index is 0.149. The zero-order valence-electron chi connectivity index (χ0n) is 5.52. The van der Waals surface area contributed by atoms with Gasteiger partial charge in [0.05, 0.1) is 6.61 Å². The molecule has 0 saturated heterocycles. The minimum Gasteiger partial charge on any atom is -0.486 e. The molecule has 0 aliphatic carbocycles.